The topological polar surface area (TPSA) is 133 Å². The van der Waals surface area contributed by atoms with Crippen molar-refractivity contribution in [3.05, 3.63) is 0 Å². The van der Waals surface area contributed by atoms with E-state index in [0.29, 0.717) is 0 Å². The van der Waals surface area contributed by atoms with E-state index in [4.69, 9.17) is 15.9 Å². The number of urea groups is 1. The molecule has 8 nitrogen and oxygen atoms in total. The Morgan fingerprint density at radius 3 is 2.31 bits per heavy atom. The molecular weight excluding hydrogens is 218 g/mol. The molecule has 0 aromatic rings. The summed E-state index contributed by atoms with van der Waals surface area (Å²) in [6.45, 7) is 0.777. The second kappa shape index (κ2) is 6.62. The van der Waals surface area contributed by atoms with Gasteiger partial charge in [0.15, 0.2) is 6.04 Å². The summed E-state index contributed by atoms with van der Waals surface area (Å²) < 4.78 is 0. The fraction of sp³-hybridized carbons (Fsp3) is 0.625. The average molecular weight is 233 g/mol. The Bertz CT molecular complexity index is 281. The number of nitrogens with one attached hydrogen (secondary N) is 1. The van der Waals surface area contributed by atoms with Crippen molar-refractivity contribution >= 4 is 17.9 Å². The number of carboxylic acid groups (broad SMARTS) is 1. The van der Waals surface area contributed by atoms with Crippen molar-refractivity contribution in [2.45, 2.75) is 13.0 Å². The van der Waals surface area contributed by atoms with Crippen LogP contribution in [-0.4, -0.2) is 58.8 Å². The van der Waals surface area contributed by atoms with Crippen molar-refractivity contribution in [3.63, 3.8) is 0 Å². The highest BCUT2D eigenvalue weighted by molar-refractivity contribution is 5.86. The molecule has 1 atom stereocenters. The van der Waals surface area contributed by atoms with E-state index in [0.717, 1.165) is 4.90 Å². The third-order valence-electron chi connectivity index (χ3n) is 1.79. The fourth-order valence-corrected chi connectivity index (χ4v) is 0.941. The molecule has 1 unspecified atom stereocenters. The number of aliphatic carboxylic acids is 1. The molecule has 0 spiro atoms. The van der Waals surface area contributed by atoms with Gasteiger partial charge in [-0.1, -0.05) is 0 Å². The number of aliphatic hydroxyl groups is 1. The van der Waals surface area contributed by atoms with Gasteiger partial charge in [0.05, 0.1) is 6.61 Å². The van der Waals surface area contributed by atoms with Gasteiger partial charge < -0.3 is 26.2 Å². The van der Waals surface area contributed by atoms with E-state index >= 15 is 0 Å². The summed E-state index contributed by atoms with van der Waals surface area (Å²) in [7, 11) is 0. The lowest BCUT2D eigenvalue weighted by Crippen LogP contribution is -2.51. The van der Waals surface area contributed by atoms with Crippen LogP contribution in [0.4, 0.5) is 4.79 Å². The molecule has 0 aromatic carbocycles. The number of nitrogens with zero attached hydrogens (tertiary/aromatic N) is 1. The normalized spacial score (nSPS) is 11.6. The monoisotopic (exact) mass is 233 g/mol. The molecule has 0 saturated heterocycles. The first-order valence-corrected chi connectivity index (χ1v) is 4.59. The first kappa shape index (κ1) is 14.2. The molecule has 92 valence electrons. The number of hydrogen-bond donors (Lipinski definition) is 4. The molecule has 0 aliphatic carbocycles. The van der Waals surface area contributed by atoms with Crippen molar-refractivity contribution in [2.24, 2.45) is 5.73 Å². The van der Waals surface area contributed by atoms with Crippen LogP contribution in [-0.2, 0) is 9.59 Å². The van der Waals surface area contributed by atoms with E-state index < -0.39 is 30.6 Å². The Hall–Kier alpha value is -1.83. The SMILES string of the molecule is CCN(CC(N)=O)C(=O)NC(CO)C(=O)O. The summed E-state index contributed by atoms with van der Waals surface area (Å²) in [5, 5.41) is 19.3. The molecule has 5 N–H and O–H groups in total. The first-order chi connectivity index (χ1) is 7.42. The zero-order valence-electron chi connectivity index (χ0n) is 8.84. The van der Waals surface area contributed by atoms with Crippen LogP contribution in [0, 0.1) is 0 Å². The van der Waals surface area contributed by atoms with Gasteiger partial charge in [-0.25, -0.2) is 9.59 Å². The largest absolute Gasteiger partial charge is 0.480 e. The van der Waals surface area contributed by atoms with Gasteiger partial charge in [-0.3, -0.25) is 4.79 Å². The molecule has 8 heteroatoms. The Kier molecular flexibility index (Phi) is 5.86. The van der Waals surface area contributed by atoms with Gasteiger partial charge in [-0.05, 0) is 6.92 Å². The highest BCUT2D eigenvalue weighted by Crippen LogP contribution is 1.91. The number of likely N-dealkylation sites (N-methyl/N-ethyl adjacent to an activating group) is 1. The highest BCUT2D eigenvalue weighted by Gasteiger charge is 2.22. The maximum atomic E-state index is 11.4. The number of carboxylic acids is 1. The van der Waals surface area contributed by atoms with Crippen LogP contribution < -0.4 is 11.1 Å². The number of rotatable bonds is 6. The molecule has 0 aliphatic heterocycles. The molecule has 0 radical (unpaired) electrons. The maximum Gasteiger partial charge on any atom is 0.328 e. The number of nitrogens with two attached hydrogens (primary N) is 1. The molecular formula is C8H15N3O5. The standard InChI is InChI=1S/C8H15N3O5/c1-2-11(3-6(9)13)8(16)10-5(4-12)7(14)15/h5,12H,2-4H2,1H3,(H2,9,13)(H,10,16)(H,14,15). The van der Waals surface area contributed by atoms with E-state index in [9.17, 15) is 14.4 Å². The van der Waals surface area contributed by atoms with Gasteiger partial charge in [0, 0.05) is 6.54 Å². The van der Waals surface area contributed by atoms with Crippen LogP contribution in [0.15, 0.2) is 0 Å². The van der Waals surface area contributed by atoms with Crippen LogP contribution in [0.25, 0.3) is 0 Å². The predicted molar refractivity (Wildman–Crippen MR) is 53.5 cm³/mol. The van der Waals surface area contributed by atoms with Gasteiger partial charge >= 0.3 is 12.0 Å². The number of hydrogen-bond acceptors (Lipinski definition) is 4. The van der Waals surface area contributed by atoms with Crippen LogP contribution in [0.1, 0.15) is 6.92 Å². The molecule has 3 amide bonds. The summed E-state index contributed by atoms with van der Waals surface area (Å²) in [4.78, 5) is 33.6. The Balaban J connectivity index is 4.40. The first-order valence-electron chi connectivity index (χ1n) is 4.59. The Morgan fingerprint density at radius 2 is 2.00 bits per heavy atom. The van der Waals surface area contributed by atoms with E-state index in [1.807, 2.05) is 0 Å². The Morgan fingerprint density at radius 1 is 1.44 bits per heavy atom. The quantitative estimate of drug-likeness (QED) is 0.419. The van der Waals surface area contributed by atoms with Crippen LogP contribution in [0.2, 0.25) is 0 Å². The second-order valence-corrected chi connectivity index (χ2v) is 3.00. The summed E-state index contributed by atoms with van der Waals surface area (Å²) in [5.74, 6) is -2.06. The summed E-state index contributed by atoms with van der Waals surface area (Å²) in [6, 6.07) is -2.16. The molecule has 0 aliphatic rings. The Labute approximate surface area is 92.0 Å². The zero-order valence-corrected chi connectivity index (χ0v) is 8.84. The molecule has 0 rings (SSSR count). The molecule has 0 bridgehead atoms. The second-order valence-electron chi connectivity index (χ2n) is 3.00. The smallest absolute Gasteiger partial charge is 0.328 e. The van der Waals surface area contributed by atoms with E-state index in [-0.39, 0.29) is 13.1 Å². The van der Waals surface area contributed by atoms with Crippen LogP contribution in [0.5, 0.6) is 0 Å². The summed E-state index contributed by atoms with van der Waals surface area (Å²) >= 11 is 0. The van der Waals surface area contributed by atoms with Gasteiger partial charge in [0.2, 0.25) is 5.91 Å². The summed E-state index contributed by atoms with van der Waals surface area (Å²) in [5.41, 5.74) is 4.90. The lowest BCUT2D eigenvalue weighted by atomic mass is 10.3. The van der Waals surface area contributed by atoms with Crippen molar-refractivity contribution in [1.82, 2.24) is 10.2 Å². The lowest BCUT2D eigenvalue weighted by molar-refractivity contribution is -0.140. The van der Waals surface area contributed by atoms with E-state index in [1.165, 1.54) is 0 Å². The number of carbonyl (C=O) groups excluding carboxylic acids is 2. The molecule has 16 heavy (non-hydrogen) atoms. The van der Waals surface area contributed by atoms with Crippen molar-refractivity contribution < 1.29 is 24.6 Å². The average Bonchev–Trinajstić information content (AvgIpc) is 2.21. The zero-order chi connectivity index (χ0) is 12.7. The van der Waals surface area contributed by atoms with Crippen LogP contribution in [0.3, 0.4) is 0 Å². The minimum Gasteiger partial charge on any atom is -0.480 e. The minimum absolute atomic E-state index is 0.201. The molecule has 0 heterocycles. The number of aliphatic hydroxyl groups excluding tert-OH is 1. The predicted octanol–water partition coefficient (Wildman–Crippen LogP) is -2.05. The van der Waals surface area contributed by atoms with E-state index in [2.05, 4.69) is 5.32 Å². The summed E-state index contributed by atoms with van der Waals surface area (Å²) in [6.07, 6.45) is 0. The fourth-order valence-electron chi connectivity index (χ4n) is 0.941. The van der Waals surface area contributed by atoms with E-state index in [1.54, 1.807) is 6.92 Å². The third-order valence-corrected chi connectivity index (χ3v) is 1.79. The molecule has 0 fully saturated rings. The molecule has 0 aromatic heterocycles. The number of primary amides is 1. The number of carbonyl (C=O) groups is 3. The third kappa shape index (κ3) is 4.60. The van der Waals surface area contributed by atoms with Crippen LogP contribution >= 0.6 is 0 Å². The van der Waals surface area contributed by atoms with Gasteiger partial charge in [0.1, 0.15) is 6.54 Å². The van der Waals surface area contributed by atoms with Crippen molar-refractivity contribution in [2.75, 3.05) is 19.7 Å². The van der Waals surface area contributed by atoms with Gasteiger partial charge in [-0.15, -0.1) is 0 Å². The van der Waals surface area contributed by atoms with Gasteiger partial charge in [-0.2, -0.15) is 0 Å². The molecule has 0 saturated carbocycles. The van der Waals surface area contributed by atoms with Gasteiger partial charge in [0.25, 0.3) is 0 Å². The number of amides is 3. The highest BCUT2D eigenvalue weighted by atomic mass is 16.4. The minimum atomic E-state index is -1.39. The lowest BCUT2D eigenvalue weighted by Gasteiger charge is -2.21. The maximum absolute atomic E-state index is 11.4. The van der Waals surface area contributed by atoms with Crippen molar-refractivity contribution in [3.8, 4) is 0 Å². The van der Waals surface area contributed by atoms with Crippen molar-refractivity contribution in [1.29, 1.82) is 0 Å².